The molecule has 1 aromatic heterocycles. The van der Waals surface area contributed by atoms with E-state index in [0.717, 1.165) is 23.9 Å². The highest BCUT2D eigenvalue weighted by molar-refractivity contribution is 5.16. The molecule has 0 aliphatic rings. The molecule has 0 aliphatic heterocycles. The summed E-state index contributed by atoms with van der Waals surface area (Å²) in [4.78, 5) is 4.59. The molecular weight excluding hydrogens is 188 g/mol. The molecule has 0 aliphatic carbocycles. The van der Waals surface area contributed by atoms with Crippen LogP contribution >= 0.6 is 0 Å². The molecule has 3 nitrogen and oxygen atoms in total. The van der Waals surface area contributed by atoms with E-state index in [-0.39, 0.29) is 5.41 Å². The average molecular weight is 210 g/mol. The normalized spacial score (nSPS) is 12.5. The highest BCUT2D eigenvalue weighted by Gasteiger charge is 2.24. The molecule has 0 fully saturated rings. The first kappa shape index (κ1) is 12.2. The lowest BCUT2D eigenvalue weighted by atomic mass is 9.97. The molecular formula is C12H22N2O. The molecule has 0 saturated carbocycles. The zero-order chi connectivity index (χ0) is 11.6. The molecule has 0 unspecified atom stereocenters. The van der Waals surface area contributed by atoms with Crippen molar-refractivity contribution in [2.75, 3.05) is 7.05 Å². The van der Waals surface area contributed by atoms with Crippen LogP contribution in [0.4, 0.5) is 0 Å². The molecule has 0 saturated heterocycles. The number of hydrogen-bond acceptors (Lipinski definition) is 3. The Morgan fingerprint density at radius 1 is 1.33 bits per heavy atom. The Morgan fingerprint density at radius 2 is 1.93 bits per heavy atom. The van der Waals surface area contributed by atoms with Gasteiger partial charge in [-0.3, -0.25) is 0 Å². The van der Waals surface area contributed by atoms with Crippen molar-refractivity contribution in [1.29, 1.82) is 0 Å². The number of nitrogens with one attached hydrogen (secondary N) is 1. The Labute approximate surface area is 92.3 Å². The maximum Gasteiger partial charge on any atom is 0.200 e. The number of oxazole rings is 1. The standard InChI is InChI=1S/C12H22N2O/c1-8(2)10-9(7-13-6)15-11(14-10)12(3,4)5/h8,13H,7H2,1-6H3. The van der Waals surface area contributed by atoms with Gasteiger partial charge in [-0.15, -0.1) is 0 Å². The van der Waals surface area contributed by atoms with Gasteiger partial charge in [-0.1, -0.05) is 34.6 Å². The number of nitrogens with zero attached hydrogens (tertiary/aromatic N) is 1. The Morgan fingerprint density at radius 3 is 2.33 bits per heavy atom. The minimum Gasteiger partial charge on any atom is -0.443 e. The van der Waals surface area contributed by atoms with Crippen molar-refractivity contribution in [3.63, 3.8) is 0 Å². The van der Waals surface area contributed by atoms with Crippen LogP contribution in [-0.2, 0) is 12.0 Å². The highest BCUT2D eigenvalue weighted by Crippen LogP contribution is 2.27. The van der Waals surface area contributed by atoms with Crippen molar-refractivity contribution in [1.82, 2.24) is 10.3 Å². The SMILES string of the molecule is CNCc1oc(C(C)(C)C)nc1C(C)C. The zero-order valence-electron chi connectivity index (χ0n) is 10.6. The van der Waals surface area contributed by atoms with Crippen LogP contribution in [0.2, 0.25) is 0 Å². The molecule has 1 aromatic rings. The molecule has 1 heterocycles. The molecule has 0 amide bonds. The smallest absolute Gasteiger partial charge is 0.200 e. The van der Waals surface area contributed by atoms with Crippen molar-refractivity contribution in [2.45, 2.75) is 52.5 Å². The summed E-state index contributed by atoms with van der Waals surface area (Å²) in [7, 11) is 1.92. The number of hydrogen-bond donors (Lipinski definition) is 1. The molecule has 0 bridgehead atoms. The summed E-state index contributed by atoms with van der Waals surface area (Å²) in [6.45, 7) is 11.4. The summed E-state index contributed by atoms with van der Waals surface area (Å²) in [5.74, 6) is 2.21. The highest BCUT2D eigenvalue weighted by atomic mass is 16.4. The third-order valence-corrected chi connectivity index (χ3v) is 2.25. The van der Waals surface area contributed by atoms with Crippen molar-refractivity contribution in [3.8, 4) is 0 Å². The van der Waals surface area contributed by atoms with Gasteiger partial charge in [-0.2, -0.15) is 0 Å². The number of rotatable bonds is 3. The summed E-state index contributed by atoms with van der Waals surface area (Å²) in [6.07, 6.45) is 0. The van der Waals surface area contributed by atoms with Crippen LogP contribution in [0.15, 0.2) is 4.42 Å². The van der Waals surface area contributed by atoms with Crippen molar-refractivity contribution in [2.24, 2.45) is 0 Å². The first-order chi connectivity index (χ1) is 6.86. The van der Waals surface area contributed by atoms with E-state index in [4.69, 9.17) is 4.42 Å². The average Bonchev–Trinajstić information content (AvgIpc) is 2.48. The van der Waals surface area contributed by atoms with Crippen molar-refractivity contribution < 1.29 is 4.42 Å². The fraction of sp³-hybridized carbons (Fsp3) is 0.750. The fourth-order valence-corrected chi connectivity index (χ4v) is 1.42. The van der Waals surface area contributed by atoms with Gasteiger partial charge in [0.25, 0.3) is 0 Å². The quantitative estimate of drug-likeness (QED) is 0.833. The van der Waals surface area contributed by atoms with Gasteiger partial charge in [0.05, 0.1) is 12.2 Å². The van der Waals surface area contributed by atoms with Gasteiger partial charge in [-0.25, -0.2) is 4.98 Å². The number of aromatic nitrogens is 1. The molecule has 0 spiro atoms. The van der Waals surface area contributed by atoms with Crippen LogP contribution in [0.3, 0.4) is 0 Å². The van der Waals surface area contributed by atoms with Gasteiger partial charge in [-0.05, 0) is 13.0 Å². The zero-order valence-corrected chi connectivity index (χ0v) is 10.6. The van der Waals surface area contributed by atoms with E-state index in [9.17, 15) is 0 Å². The van der Waals surface area contributed by atoms with Gasteiger partial charge in [0.1, 0.15) is 5.76 Å². The molecule has 86 valence electrons. The Balaban J connectivity index is 3.09. The molecule has 1 rings (SSSR count). The van der Waals surface area contributed by atoms with E-state index in [2.05, 4.69) is 44.9 Å². The monoisotopic (exact) mass is 210 g/mol. The van der Waals surface area contributed by atoms with E-state index in [0.29, 0.717) is 5.92 Å². The Hall–Kier alpha value is -0.830. The second-order valence-electron chi connectivity index (χ2n) is 5.26. The van der Waals surface area contributed by atoms with Crippen LogP contribution < -0.4 is 5.32 Å². The Bertz CT molecular complexity index is 321. The maximum atomic E-state index is 5.81. The van der Waals surface area contributed by atoms with Crippen LogP contribution in [0.1, 0.15) is 57.9 Å². The summed E-state index contributed by atoms with van der Waals surface area (Å²) < 4.78 is 5.81. The largest absolute Gasteiger partial charge is 0.443 e. The lowest BCUT2D eigenvalue weighted by Gasteiger charge is -2.12. The maximum absolute atomic E-state index is 5.81. The third-order valence-electron chi connectivity index (χ3n) is 2.25. The predicted molar refractivity (Wildman–Crippen MR) is 62.1 cm³/mol. The van der Waals surface area contributed by atoms with Gasteiger partial charge in [0.15, 0.2) is 5.89 Å². The molecule has 0 radical (unpaired) electrons. The fourth-order valence-electron chi connectivity index (χ4n) is 1.42. The van der Waals surface area contributed by atoms with Gasteiger partial charge < -0.3 is 9.73 Å². The third kappa shape index (κ3) is 2.81. The van der Waals surface area contributed by atoms with E-state index >= 15 is 0 Å². The van der Waals surface area contributed by atoms with Gasteiger partial charge in [0.2, 0.25) is 0 Å². The topological polar surface area (TPSA) is 38.1 Å². The summed E-state index contributed by atoms with van der Waals surface area (Å²) >= 11 is 0. The Kier molecular flexibility index (Phi) is 3.55. The first-order valence-electron chi connectivity index (χ1n) is 5.51. The van der Waals surface area contributed by atoms with Crippen LogP contribution in [-0.4, -0.2) is 12.0 Å². The molecule has 15 heavy (non-hydrogen) atoms. The van der Waals surface area contributed by atoms with E-state index in [1.807, 2.05) is 7.05 Å². The molecule has 1 N–H and O–H groups in total. The van der Waals surface area contributed by atoms with E-state index < -0.39 is 0 Å². The lowest BCUT2D eigenvalue weighted by molar-refractivity contribution is 0.368. The van der Waals surface area contributed by atoms with Crippen LogP contribution in [0, 0.1) is 0 Å². The molecule has 0 atom stereocenters. The predicted octanol–water partition coefficient (Wildman–Crippen LogP) is 2.81. The minimum absolute atomic E-state index is 0.0182. The van der Waals surface area contributed by atoms with E-state index in [1.165, 1.54) is 0 Å². The van der Waals surface area contributed by atoms with Crippen molar-refractivity contribution in [3.05, 3.63) is 17.3 Å². The molecule has 0 aromatic carbocycles. The van der Waals surface area contributed by atoms with E-state index in [1.54, 1.807) is 0 Å². The first-order valence-corrected chi connectivity index (χ1v) is 5.51. The lowest BCUT2D eigenvalue weighted by Crippen LogP contribution is -2.11. The van der Waals surface area contributed by atoms with Crippen LogP contribution in [0.5, 0.6) is 0 Å². The van der Waals surface area contributed by atoms with Crippen LogP contribution in [0.25, 0.3) is 0 Å². The van der Waals surface area contributed by atoms with Crippen molar-refractivity contribution >= 4 is 0 Å². The summed E-state index contributed by atoms with van der Waals surface area (Å²) in [5.41, 5.74) is 1.06. The summed E-state index contributed by atoms with van der Waals surface area (Å²) in [6, 6.07) is 0. The minimum atomic E-state index is -0.0182. The second kappa shape index (κ2) is 4.35. The summed E-state index contributed by atoms with van der Waals surface area (Å²) in [5, 5.41) is 3.11. The second-order valence-corrected chi connectivity index (χ2v) is 5.26. The van der Waals surface area contributed by atoms with Gasteiger partial charge >= 0.3 is 0 Å². The molecule has 3 heteroatoms. The van der Waals surface area contributed by atoms with Gasteiger partial charge in [0, 0.05) is 5.41 Å².